The SMILES string of the molecule is C[n+]1cc2cc(O)c(O)cc2n1Cc1ccc(/C=C\C2=C(C(=O)O)N3C(=O)[C@@H](NC(=O)/C(=N\OC(C)(C)C(=O)O)c4csc(N)n4)[C@H]3SC2)cc1. The number of nitrogens with zero attached hydrogens (tertiary/aromatic N) is 5. The van der Waals surface area contributed by atoms with E-state index < -0.39 is 46.5 Å². The first-order chi connectivity index (χ1) is 24.1. The fraction of sp³-hybridized carbons (Fsp3) is 0.242. The Kier molecular flexibility index (Phi) is 9.22. The van der Waals surface area contributed by atoms with E-state index in [0.717, 1.165) is 38.3 Å². The Morgan fingerprint density at radius 2 is 1.86 bits per heavy atom. The quantitative estimate of drug-likeness (QED) is 0.0427. The largest absolute Gasteiger partial charge is 0.504 e. The molecule has 2 atom stereocenters. The first-order valence-electron chi connectivity index (χ1n) is 15.3. The Hall–Kier alpha value is -5.88. The number of benzene rings is 2. The predicted molar refractivity (Wildman–Crippen MR) is 187 cm³/mol. The molecule has 18 heteroatoms. The molecule has 1 saturated heterocycles. The summed E-state index contributed by atoms with van der Waals surface area (Å²) >= 11 is 2.29. The van der Waals surface area contributed by atoms with Crippen LogP contribution in [0, 0.1) is 0 Å². The number of carboxylic acids is 2. The Morgan fingerprint density at radius 3 is 2.51 bits per heavy atom. The van der Waals surface area contributed by atoms with Crippen LogP contribution in [0.3, 0.4) is 0 Å². The Morgan fingerprint density at radius 1 is 1.16 bits per heavy atom. The Bertz CT molecular complexity index is 2190. The number of carbonyl (C=O) groups is 4. The number of aromatic nitrogens is 3. The van der Waals surface area contributed by atoms with Crippen LogP contribution in [0.25, 0.3) is 17.0 Å². The lowest BCUT2D eigenvalue weighted by atomic mass is 10.0. The average molecular weight is 735 g/mol. The standard InChI is InChI=1S/C33H31N7O9S2/c1-33(2,31(47)48)49-37-24(20-15-51-32(34)35-20)27(43)36-25-28(44)40-26(30(45)46)18(14-50-29(25)40)9-8-16-4-6-17(7-5-16)12-39-21-11-23(42)22(41)10-19(21)13-38(39)3/h4-11,13,15,25,29H,12,14H2,1-3H3,(H6,34,35,36,41,43,45,46,47,48)/p+1/b9-8-,37-24-/t25-,29-/m1/s1. The topological polar surface area (TPSA) is 234 Å². The number of rotatable bonds is 11. The van der Waals surface area contributed by atoms with Gasteiger partial charge in [0, 0.05) is 17.2 Å². The van der Waals surface area contributed by atoms with E-state index in [2.05, 4.69) is 15.5 Å². The van der Waals surface area contributed by atoms with Crippen molar-refractivity contribution >= 4 is 74.7 Å². The van der Waals surface area contributed by atoms with Gasteiger partial charge in [0.25, 0.3) is 11.8 Å². The monoisotopic (exact) mass is 734 g/mol. The van der Waals surface area contributed by atoms with Crippen molar-refractivity contribution in [3.05, 3.63) is 82.1 Å². The number of aliphatic carboxylic acids is 2. The lowest BCUT2D eigenvalue weighted by Gasteiger charge is -2.49. The number of nitrogens with one attached hydrogen (secondary N) is 1. The molecule has 0 saturated carbocycles. The molecule has 2 aliphatic heterocycles. The third-order valence-corrected chi connectivity index (χ3v) is 10.2. The second-order valence-corrected chi connectivity index (χ2v) is 14.2. The lowest BCUT2D eigenvalue weighted by molar-refractivity contribution is -0.750. The summed E-state index contributed by atoms with van der Waals surface area (Å²) in [5, 5.41) is 47.2. The Labute approximate surface area is 297 Å². The van der Waals surface area contributed by atoms with Gasteiger partial charge in [0.15, 0.2) is 29.4 Å². The molecule has 6 rings (SSSR count). The van der Waals surface area contributed by atoms with Crippen molar-refractivity contribution in [2.45, 2.75) is 37.4 Å². The number of aromatic hydroxyl groups is 2. The number of fused-ring (bicyclic) bond motifs is 2. The van der Waals surface area contributed by atoms with Crippen molar-refractivity contribution in [1.82, 2.24) is 19.9 Å². The summed E-state index contributed by atoms with van der Waals surface area (Å²) in [6.07, 6.45) is 5.24. The van der Waals surface area contributed by atoms with Gasteiger partial charge in [-0.15, -0.1) is 32.5 Å². The molecule has 0 spiro atoms. The van der Waals surface area contributed by atoms with Gasteiger partial charge in [0.05, 0.1) is 5.39 Å². The number of oxime groups is 1. The van der Waals surface area contributed by atoms with Crippen LogP contribution in [0.15, 0.2) is 70.5 Å². The van der Waals surface area contributed by atoms with Crippen LogP contribution in [0.4, 0.5) is 5.13 Å². The molecule has 2 aromatic carbocycles. The number of aryl methyl sites for hydroxylation is 1. The molecule has 0 bridgehead atoms. The maximum atomic E-state index is 13.3. The number of carboxylic acid groups (broad SMARTS) is 2. The molecule has 16 nitrogen and oxygen atoms in total. The molecule has 0 aliphatic carbocycles. The van der Waals surface area contributed by atoms with Gasteiger partial charge in [-0.3, -0.25) is 14.5 Å². The van der Waals surface area contributed by atoms with E-state index in [1.165, 1.54) is 43.1 Å². The zero-order chi connectivity index (χ0) is 36.8. The van der Waals surface area contributed by atoms with E-state index in [1.807, 2.05) is 46.9 Å². The van der Waals surface area contributed by atoms with Gasteiger partial charge < -0.3 is 36.3 Å². The average Bonchev–Trinajstić information content (AvgIpc) is 3.64. The summed E-state index contributed by atoms with van der Waals surface area (Å²) < 4.78 is 3.80. The number of β-lactam (4-membered cyclic amide) rings is 1. The number of nitrogens with two attached hydrogens (primary N) is 1. The van der Waals surface area contributed by atoms with Crippen LogP contribution < -0.4 is 15.7 Å². The van der Waals surface area contributed by atoms with Crippen molar-refractivity contribution in [1.29, 1.82) is 0 Å². The summed E-state index contributed by atoms with van der Waals surface area (Å²) in [5.41, 5.74) is 6.24. The number of hydrogen-bond acceptors (Lipinski definition) is 12. The Balaban J connectivity index is 1.16. The van der Waals surface area contributed by atoms with E-state index in [-0.39, 0.29) is 33.8 Å². The molecule has 51 heavy (non-hydrogen) atoms. The van der Waals surface area contributed by atoms with E-state index in [9.17, 15) is 39.6 Å². The molecule has 2 amide bonds. The van der Waals surface area contributed by atoms with Crippen LogP contribution in [-0.2, 0) is 37.6 Å². The third-order valence-electron chi connectivity index (χ3n) is 8.24. The van der Waals surface area contributed by atoms with Crippen LogP contribution in [0.1, 0.15) is 30.7 Å². The van der Waals surface area contributed by atoms with Gasteiger partial charge in [0.1, 0.15) is 34.9 Å². The van der Waals surface area contributed by atoms with Crippen molar-refractivity contribution in [3.63, 3.8) is 0 Å². The minimum absolute atomic E-state index is 0.0105. The summed E-state index contributed by atoms with van der Waals surface area (Å²) in [6, 6.07) is 9.49. The van der Waals surface area contributed by atoms with Crippen LogP contribution >= 0.6 is 23.1 Å². The fourth-order valence-electron chi connectivity index (χ4n) is 5.43. The van der Waals surface area contributed by atoms with E-state index in [1.54, 1.807) is 12.2 Å². The van der Waals surface area contributed by atoms with Crippen molar-refractivity contribution in [2.24, 2.45) is 12.2 Å². The first kappa shape index (κ1) is 35.0. The minimum Gasteiger partial charge on any atom is -0.504 e. The summed E-state index contributed by atoms with van der Waals surface area (Å²) in [4.78, 5) is 60.8. The number of thioether (sulfide) groups is 1. The van der Waals surface area contributed by atoms with Crippen LogP contribution in [-0.4, -0.2) is 87.2 Å². The van der Waals surface area contributed by atoms with Crippen molar-refractivity contribution in [2.75, 3.05) is 11.5 Å². The molecular formula is C33H32N7O9S2+. The van der Waals surface area contributed by atoms with Gasteiger partial charge in [-0.2, -0.15) is 0 Å². The number of thiazole rings is 1. The van der Waals surface area contributed by atoms with Crippen molar-refractivity contribution in [3.8, 4) is 11.5 Å². The maximum absolute atomic E-state index is 13.3. The van der Waals surface area contributed by atoms with Crippen molar-refractivity contribution < 1.29 is 49.1 Å². The zero-order valence-electron chi connectivity index (χ0n) is 27.3. The number of allylic oxidation sites excluding steroid dienone is 1. The highest BCUT2D eigenvalue weighted by Gasteiger charge is 2.54. The number of phenolic OH excluding ortho intramolecular Hbond substituents is 2. The van der Waals surface area contributed by atoms with Crippen LogP contribution in [0.5, 0.6) is 11.5 Å². The van der Waals surface area contributed by atoms with Gasteiger partial charge in [-0.1, -0.05) is 41.6 Å². The summed E-state index contributed by atoms with van der Waals surface area (Å²) in [7, 11) is 1.86. The maximum Gasteiger partial charge on any atom is 0.352 e. The summed E-state index contributed by atoms with van der Waals surface area (Å²) in [6.45, 7) is 2.96. The predicted octanol–water partition coefficient (Wildman–Crippen LogP) is 2.00. The molecule has 4 heterocycles. The molecule has 1 fully saturated rings. The normalized spacial score (nSPS) is 17.8. The smallest absolute Gasteiger partial charge is 0.352 e. The molecule has 0 unspecified atom stereocenters. The number of amides is 2. The van der Waals surface area contributed by atoms with E-state index in [4.69, 9.17) is 10.6 Å². The van der Waals surface area contributed by atoms with E-state index >= 15 is 0 Å². The highest BCUT2D eigenvalue weighted by molar-refractivity contribution is 8.00. The van der Waals surface area contributed by atoms with Gasteiger partial charge in [-0.25, -0.2) is 14.6 Å². The molecule has 2 aromatic heterocycles. The van der Waals surface area contributed by atoms with Gasteiger partial charge in [0.2, 0.25) is 11.8 Å². The van der Waals surface area contributed by atoms with Gasteiger partial charge in [-0.05, 0) is 36.6 Å². The second kappa shape index (κ2) is 13.4. The third kappa shape index (κ3) is 6.82. The second-order valence-electron chi connectivity index (χ2n) is 12.2. The molecule has 7 N–H and O–H groups in total. The van der Waals surface area contributed by atoms with Crippen LogP contribution in [0.2, 0.25) is 0 Å². The zero-order valence-corrected chi connectivity index (χ0v) is 28.9. The number of hydrogen-bond donors (Lipinski definition) is 6. The number of anilines is 1. The van der Waals surface area contributed by atoms with E-state index in [0.29, 0.717) is 12.1 Å². The minimum atomic E-state index is -1.78. The lowest BCUT2D eigenvalue weighted by Crippen LogP contribution is -2.71. The highest BCUT2D eigenvalue weighted by atomic mass is 32.2. The molecule has 2 aliphatic rings. The fourth-order valence-corrected chi connectivity index (χ4v) is 7.30. The highest BCUT2D eigenvalue weighted by Crippen LogP contribution is 2.41. The molecule has 0 radical (unpaired) electrons. The first-order valence-corrected chi connectivity index (χ1v) is 17.2. The van der Waals surface area contributed by atoms with Gasteiger partial charge >= 0.3 is 11.9 Å². The summed E-state index contributed by atoms with van der Waals surface area (Å²) in [5.74, 6) is -4.34. The molecule has 4 aromatic rings. The molecular weight excluding hydrogens is 703 g/mol. The number of nitrogen functional groups attached to an aromatic ring is 1. The molecule has 264 valence electrons. The number of phenols is 2. The number of carbonyl (C=O) groups excluding carboxylic acids is 2.